The minimum atomic E-state index is -0.0108. The summed E-state index contributed by atoms with van der Waals surface area (Å²) in [6, 6.07) is 0. The first kappa shape index (κ1) is 14.2. The molecule has 4 nitrogen and oxygen atoms in total. The largest absolute Gasteiger partial charge is 0.492 e. The summed E-state index contributed by atoms with van der Waals surface area (Å²) >= 11 is 1.39. The maximum absolute atomic E-state index is 11.5. The van der Waals surface area contributed by atoms with Crippen LogP contribution < -0.4 is 15.8 Å². The van der Waals surface area contributed by atoms with E-state index >= 15 is 0 Å². The summed E-state index contributed by atoms with van der Waals surface area (Å²) < 4.78 is 5.31. The number of rotatable bonds is 5. The van der Waals surface area contributed by atoms with Crippen molar-refractivity contribution in [3.05, 3.63) is 4.88 Å². The fraction of sp³-hybridized carbons (Fsp3) is 0.643. The Bertz CT molecular complexity index is 470. The molecule has 1 saturated carbocycles. The summed E-state index contributed by atoms with van der Waals surface area (Å²) in [4.78, 5) is 12.1. The highest BCUT2D eigenvalue weighted by Crippen LogP contribution is 2.43. The fourth-order valence-electron chi connectivity index (χ4n) is 2.76. The molecule has 0 spiro atoms. The van der Waals surface area contributed by atoms with Crippen molar-refractivity contribution in [2.24, 2.45) is 11.8 Å². The molecule has 3 N–H and O–H groups in total. The zero-order valence-electron chi connectivity index (χ0n) is 11.8. The van der Waals surface area contributed by atoms with Gasteiger partial charge in [-0.25, -0.2) is 0 Å². The number of Topliss-reactive ketones (excluding diaryl/α,β-unsaturated/α-hetero) is 1. The van der Waals surface area contributed by atoms with E-state index in [1.165, 1.54) is 37.5 Å². The lowest BCUT2D eigenvalue weighted by Gasteiger charge is -2.12. The Morgan fingerprint density at radius 3 is 2.79 bits per heavy atom. The van der Waals surface area contributed by atoms with Crippen molar-refractivity contribution in [1.29, 1.82) is 0 Å². The highest BCUT2D eigenvalue weighted by Gasteiger charge is 2.23. The molecule has 1 aromatic heterocycles. The molecule has 5 heteroatoms. The molecular formula is C14H22N2O2S. The number of carbonyl (C=O) groups is 1. The minimum absolute atomic E-state index is 0.0108. The van der Waals surface area contributed by atoms with Crippen molar-refractivity contribution >= 4 is 27.8 Å². The van der Waals surface area contributed by atoms with Gasteiger partial charge in [-0.05, 0) is 24.7 Å². The number of methoxy groups -OCH3 is 1. The molecule has 0 radical (unpaired) electrons. The van der Waals surface area contributed by atoms with Crippen LogP contribution in [0.15, 0.2) is 0 Å². The molecule has 0 aromatic carbocycles. The number of nitrogens with two attached hydrogens (primary N) is 1. The molecule has 0 aliphatic heterocycles. The van der Waals surface area contributed by atoms with Crippen molar-refractivity contribution in [2.75, 3.05) is 24.7 Å². The lowest BCUT2D eigenvalue weighted by molar-refractivity contribution is 0.102. The number of hydrogen-bond donors (Lipinski definition) is 2. The SMILES string of the molecule is COc1c(NCC2CCC(C)C2)sc(C(C)=O)c1N. The third-order valence-electron chi connectivity index (χ3n) is 3.78. The number of thiophene rings is 1. The molecule has 0 bridgehead atoms. The van der Waals surface area contributed by atoms with Gasteiger partial charge in [0.2, 0.25) is 0 Å². The van der Waals surface area contributed by atoms with E-state index in [-0.39, 0.29) is 5.78 Å². The second kappa shape index (κ2) is 5.82. The Hall–Kier alpha value is -1.23. The van der Waals surface area contributed by atoms with Gasteiger partial charge in [-0.3, -0.25) is 4.79 Å². The Morgan fingerprint density at radius 1 is 1.53 bits per heavy atom. The maximum atomic E-state index is 11.5. The van der Waals surface area contributed by atoms with E-state index in [0.717, 1.165) is 17.5 Å². The number of anilines is 2. The highest BCUT2D eigenvalue weighted by atomic mass is 32.1. The van der Waals surface area contributed by atoms with Crippen LogP contribution in [0.5, 0.6) is 5.75 Å². The zero-order chi connectivity index (χ0) is 14.0. The van der Waals surface area contributed by atoms with E-state index in [1.807, 2.05) is 0 Å². The van der Waals surface area contributed by atoms with Gasteiger partial charge in [-0.1, -0.05) is 13.3 Å². The van der Waals surface area contributed by atoms with Crippen molar-refractivity contribution in [1.82, 2.24) is 0 Å². The van der Waals surface area contributed by atoms with Gasteiger partial charge >= 0.3 is 0 Å². The first-order valence-electron chi connectivity index (χ1n) is 6.74. The van der Waals surface area contributed by atoms with E-state index in [2.05, 4.69) is 12.2 Å². The van der Waals surface area contributed by atoms with Crippen molar-refractivity contribution in [3.8, 4) is 5.75 Å². The fourth-order valence-corrected chi connectivity index (χ4v) is 3.75. The summed E-state index contributed by atoms with van der Waals surface area (Å²) in [6.07, 6.45) is 3.86. The van der Waals surface area contributed by atoms with Gasteiger partial charge in [0.1, 0.15) is 5.00 Å². The monoisotopic (exact) mass is 282 g/mol. The van der Waals surface area contributed by atoms with Gasteiger partial charge in [0.15, 0.2) is 11.5 Å². The molecule has 106 valence electrons. The summed E-state index contributed by atoms with van der Waals surface area (Å²) in [7, 11) is 1.59. The lowest BCUT2D eigenvalue weighted by atomic mass is 10.1. The van der Waals surface area contributed by atoms with E-state index in [0.29, 0.717) is 22.2 Å². The summed E-state index contributed by atoms with van der Waals surface area (Å²) in [6.45, 7) is 4.76. The molecule has 2 unspecified atom stereocenters. The molecule has 2 atom stereocenters. The Labute approximate surface area is 118 Å². The average molecular weight is 282 g/mol. The second-order valence-electron chi connectivity index (χ2n) is 5.43. The molecule has 1 aliphatic rings. The van der Waals surface area contributed by atoms with Crippen LogP contribution in [0.4, 0.5) is 10.7 Å². The molecule has 1 heterocycles. The van der Waals surface area contributed by atoms with Crippen LogP contribution in [0.3, 0.4) is 0 Å². The Kier molecular flexibility index (Phi) is 4.34. The topological polar surface area (TPSA) is 64.3 Å². The normalized spacial score (nSPS) is 22.5. The van der Waals surface area contributed by atoms with Crippen LogP contribution in [0.2, 0.25) is 0 Å². The smallest absolute Gasteiger partial charge is 0.176 e. The van der Waals surface area contributed by atoms with Crippen molar-refractivity contribution in [2.45, 2.75) is 33.1 Å². The minimum Gasteiger partial charge on any atom is -0.492 e. The second-order valence-corrected chi connectivity index (χ2v) is 6.45. The standard InChI is InChI=1S/C14H22N2O2S/c1-8-4-5-10(6-8)7-16-14-12(18-3)11(15)13(19-14)9(2)17/h8,10,16H,4-7,15H2,1-3H3. The summed E-state index contributed by atoms with van der Waals surface area (Å²) in [5.41, 5.74) is 6.41. The molecule has 1 fully saturated rings. The van der Waals surface area contributed by atoms with Gasteiger partial charge in [0, 0.05) is 13.5 Å². The van der Waals surface area contributed by atoms with Crippen LogP contribution in [0, 0.1) is 11.8 Å². The Balaban J connectivity index is 2.07. The van der Waals surface area contributed by atoms with Crippen LogP contribution in [0.25, 0.3) is 0 Å². The van der Waals surface area contributed by atoms with Crippen LogP contribution in [0.1, 0.15) is 42.8 Å². The van der Waals surface area contributed by atoms with Gasteiger partial charge in [-0.2, -0.15) is 0 Å². The number of carbonyl (C=O) groups excluding carboxylic acids is 1. The van der Waals surface area contributed by atoms with E-state index in [9.17, 15) is 4.79 Å². The highest BCUT2D eigenvalue weighted by molar-refractivity contribution is 7.19. The molecule has 1 aromatic rings. The quantitative estimate of drug-likeness (QED) is 0.813. The predicted molar refractivity (Wildman–Crippen MR) is 80.3 cm³/mol. The van der Waals surface area contributed by atoms with Crippen LogP contribution in [-0.4, -0.2) is 19.4 Å². The average Bonchev–Trinajstić information content (AvgIpc) is 2.90. The third-order valence-corrected chi connectivity index (χ3v) is 5.02. The summed E-state index contributed by atoms with van der Waals surface area (Å²) in [5.74, 6) is 2.14. The predicted octanol–water partition coefficient (Wildman–Crippen LogP) is 3.39. The van der Waals surface area contributed by atoms with Crippen LogP contribution in [-0.2, 0) is 0 Å². The molecule has 19 heavy (non-hydrogen) atoms. The summed E-state index contributed by atoms with van der Waals surface area (Å²) in [5, 5.41) is 4.28. The van der Waals surface area contributed by atoms with Gasteiger partial charge in [-0.15, -0.1) is 11.3 Å². The zero-order valence-corrected chi connectivity index (χ0v) is 12.6. The molecule has 1 aliphatic carbocycles. The number of ether oxygens (including phenoxy) is 1. The lowest BCUT2D eigenvalue weighted by Crippen LogP contribution is -2.11. The Morgan fingerprint density at radius 2 is 2.26 bits per heavy atom. The number of nitrogen functional groups attached to an aromatic ring is 1. The number of hydrogen-bond acceptors (Lipinski definition) is 5. The molecular weight excluding hydrogens is 260 g/mol. The first-order chi connectivity index (χ1) is 9.02. The van der Waals surface area contributed by atoms with E-state index in [1.54, 1.807) is 7.11 Å². The van der Waals surface area contributed by atoms with Gasteiger partial charge < -0.3 is 15.8 Å². The molecule has 0 amide bonds. The number of ketones is 1. The van der Waals surface area contributed by atoms with Gasteiger partial charge in [0.25, 0.3) is 0 Å². The van der Waals surface area contributed by atoms with Crippen LogP contribution >= 0.6 is 11.3 Å². The molecule has 0 saturated heterocycles. The van der Waals surface area contributed by atoms with Crippen molar-refractivity contribution in [3.63, 3.8) is 0 Å². The van der Waals surface area contributed by atoms with Gasteiger partial charge in [0.05, 0.1) is 17.7 Å². The number of nitrogens with one attached hydrogen (secondary N) is 1. The third kappa shape index (κ3) is 3.03. The first-order valence-corrected chi connectivity index (χ1v) is 7.55. The van der Waals surface area contributed by atoms with E-state index < -0.39 is 0 Å². The van der Waals surface area contributed by atoms with E-state index in [4.69, 9.17) is 10.5 Å². The van der Waals surface area contributed by atoms with Crippen molar-refractivity contribution < 1.29 is 9.53 Å². The molecule has 2 rings (SSSR count). The maximum Gasteiger partial charge on any atom is 0.176 e.